The number of carbonyl (C=O) groups excluding carboxylic acids is 1. The number of benzene rings is 1. The molecule has 1 aromatic heterocycles. The van der Waals surface area contributed by atoms with E-state index in [9.17, 15) is 13.2 Å². The molecule has 1 unspecified atom stereocenters. The number of nitrogens with zero attached hydrogens (tertiary/aromatic N) is 2. The maximum atomic E-state index is 12.7. The van der Waals surface area contributed by atoms with Crippen molar-refractivity contribution in [2.75, 3.05) is 37.7 Å². The Hall–Kier alpha value is -1.86. The van der Waals surface area contributed by atoms with Gasteiger partial charge in [0, 0.05) is 37.6 Å². The molecule has 0 radical (unpaired) electrons. The molecule has 0 aliphatic carbocycles. The van der Waals surface area contributed by atoms with E-state index < -0.39 is 9.84 Å². The van der Waals surface area contributed by atoms with Crippen molar-refractivity contribution < 1.29 is 17.6 Å². The Labute approximate surface area is 147 Å². The predicted octanol–water partition coefficient (Wildman–Crippen LogP) is 1.69. The zero-order chi connectivity index (χ0) is 17.6. The van der Waals surface area contributed by atoms with E-state index in [2.05, 4.69) is 4.90 Å². The zero-order valence-corrected chi connectivity index (χ0v) is 15.1. The minimum absolute atomic E-state index is 0.0902. The number of hydrogen-bond acceptors (Lipinski definition) is 5. The highest BCUT2D eigenvalue weighted by Gasteiger charge is 2.34. The zero-order valence-electron chi connectivity index (χ0n) is 14.3. The highest BCUT2D eigenvalue weighted by molar-refractivity contribution is 7.91. The normalized spacial score (nSPS) is 24.0. The van der Waals surface area contributed by atoms with Crippen LogP contribution in [0.25, 0.3) is 11.0 Å². The minimum Gasteiger partial charge on any atom is -0.451 e. The smallest absolute Gasteiger partial charge is 0.289 e. The summed E-state index contributed by atoms with van der Waals surface area (Å²) in [6, 6.07) is 7.78. The number of aryl methyl sites for hydroxylation is 1. The van der Waals surface area contributed by atoms with Crippen molar-refractivity contribution in [3.05, 3.63) is 35.6 Å². The van der Waals surface area contributed by atoms with E-state index in [1.54, 1.807) is 11.0 Å². The molecular weight excluding hydrogens is 340 g/mol. The molecule has 2 fully saturated rings. The molecule has 2 aromatic rings. The molecule has 0 N–H and O–H groups in total. The van der Waals surface area contributed by atoms with Gasteiger partial charge in [-0.3, -0.25) is 9.69 Å². The fourth-order valence-corrected chi connectivity index (χ4v) is 5.54. The molecule has 2 aliphatic rings. The number of piperazine rings is 1. The van der Waals surface area contributed by atoms with Crippen LogP contribution in [0.15, 0.2) is 28.7 Å². The maximum Gasteiger partial charge on any atom is 0.289 e. The number of hydrogen-bond donors (Lipinski definition) is 0. The van der Waals surface area contributed by atoms with Gasteiger partial charge in [-0.15, -0.1) is 0 Å². The van der Waals surface area contributed by atoms with Crippen LogP contribution in [0.5, 0.6) is 0 Å². The Morgan fingerprint density at radius 1 is 1.16 bits per heavy atom. The van der Waals surface area contributed by atoms with E-state index in [1.165, 1.54) is 0 Å². The largest absolute Gasteiger partial charge is 0.451 e. The summed E-state index contributed by atoms with van der Waals surface area (Å²) in [4.78, 5) is 16.7. The topological polar surface area (TPSA) is 70.8 Å². The van der Waals surface area contributed by atoms with Crippen LogP contribution in [0.2, 0.25) is 0 Å². The van der Waals surface area contributed by atoms with E-state index in [1.807, 2.05) is 25.1 Å². The number of fused-ring (bicyclic) bond motifs is 1. The molecule has 134 valence electrons. The molecular formula is C18H22N2O4S. The first kappa shape index (κ1) is 16.6. The average molecular weight is 362 g/mol. The highest BCUT2D eigenvalue weighted by Crippen LogP contribution is 2.23. The summed E-state index contributed by atoms with van der Waals surface area (Å²) >= 11 is 0. The summed E-state index contributed by atoms with van der Waals surface area (Å²) in [5, 5.41) is 0.943. The second-order valence-corrected chi connectivity index (χ2v) is 9.27. The first-order valence-corrected chi connectivity index (χ1v) is 10.5. The lowest BCUT2D eigenvalue weighted by Crippen LogP contribution is -2.52. The third-order valence-corrected chi connectivity index (χ3v) is 6.96. The first-order valence-electron chi connectivity index (χ1n) is 8.65. The summed E-state index contributed by atoms with van der Waals surface area (Å²) in [5.74, 6) is 0.823. The van der Waals surface area contributed by atoms with E-state index in [0.717, 1.165) is 16.5 Å². The number of furan rings is 1. The molecule has 0 bridgehead atoms. The van der Waals surface area contributed by atoms with Crippen molar-refractivity contribution in [1.29, 1.82) is 0 Å². The fourth-order valence-electron chi connectivity index (χ4n) is 3.78. The van der Waals surface area contributed by atoms with Gasteiger partial charge >= 0.3 is 0 Å². The van der Waals surface area contributed by atoms with Gasteiger partial charge in [0.2, 0.25) is 0 Å². The molecule has 1 amide bonds. The van der Waals surface area contributed by atoms with Crippen molar-refractivity contribution in [3.63, 3.8) is 0 Å². The van der Waals surface area contributed by atoms with Gasteiger partial charge in [0.05, 0.1) is 11.5 Å². The number of sulfone groups is 1. The second-order valence-electron chi connectivity index (χ2n) is 7.04. The van der Waals surface area contributed by atoms with Gasteiger partial charge < -0.3 is 9.32 Å². The summed E-state index contributed by atoms with van der Waals surface area (Å²) in [5.41, 5.74) is 1.86. The average Bonchev–Trinajstić information content (AvgIpc) is 3.17. The molecule has 1 atom stereocenters. The lowest BCUT2D eigenvalue weighted by Gasteiger charge is -2.37. The summed E-state index contributed by atoms with van der Waals surface area (Å²) < 4.78 is 29.0. The highest BCUT2D eigenvalue weighted by atomic mass is 32.2. The first-order chi connectivity index (χ1) is 11.9. The molecule has 0 saturated carbocycles. The Morgan fingerprint density at radius 2 is 1.92 bits per heavy atom. The van der Waals surface area contributed by atoms with Crippen molar-refractivity contribution in [2.45, 2.75) is 19.4 Å². The van der Waals surface area contributed by atoms with Crippen LogP contribution in [-0.4, -0.2) is 67.9 Å². The predicted molar refractivity (Wildman–Crippen MR) is 95.5 cm³/mol. The van der Waals surface area contributed by atoms with Gasteiger partial charge in [0.15, 0.2) is 15.6 Å². The lowest BCUT2D eigenvalue weighted by atomic mass is 10.1. The Morgan fingerprint density at radius 3 is 2.60 bits per heavy atom. The van der Waals surface area contributed by atoms with Gasteiger partial charge in [0.25, 0.3) is 5.91 Å². The van der Waals surface area contributed by atoms with Crippen LogP contribution in [-0.2, 0) is 9.84 Å². The molecule has 6 nitrogen and oxygen atoms in total. The van der Waals surface area contributed by atoms with Gasteiger partial charge in [-0.2, -0.15) is 0 Å². The minimum atomic E-state index is -2.87. The maximum absolute atomic E-state index is 12.7. The molecule has 1 aromatic carbocycles. The quantitative estimate of drug-likeness (QED) is 0.813. The van der Waals surface area contributed by atoms with Crippen molar-refractivity contribution >= 4 is 26.7 Å². The van der Waals surface area contributed by atoms with E-state index >= 15 is 0 Å². The molecule has 4 rings (SSSR count). The summed E-state index contributed by atoms with van der Waals surface area (Å²) in [7, 11) is -2.87. The third kappa shape index (κ3) is 3.30. The van der Waals surface area contributed by atoms with Gasteiger partial charge in [-0.25, -0.2) is 8.42 Å². The van der Waals surface area contributed by atoms with Crippen LogP contribution in [0.4, 0.5) is 0 Å². The second kappa shape index (κ2) is 6.14. The molecule has 3 heterocycles. The number of amides is 1. The molecule has 25 heavy (non-hydrogen) atoms. The lowest BCUT2D eigenvalue weighted by molar-refractivity contribution is 0.0561. The fraction of sp³-hybridized carbons (Fsp3) is 0.500. The van der Waals surface area contributed by atoms with E-state index in [-0.39, 0.29) is 23.5 Å². The van der Waals surface area contributed by atoms with E-state index in [0.29, 0.717) is 38.4 Å². The Bertz CT molecular complexity index is 910. The summed E-state index contributed by atoms with van der Waals surface area (Å²) in [6.45, 7) is 4.64. The monoisotopic (exact) mass is 362 g/mol. The van der Waals surface area contributed by atoms with Crippen LogP contribution >= 0.6 is 0 Å². The molecule has 2 saturated heterocycles. The molecule has 7 heteroatoms. The van der Waals surface area contributed by atoms with Crippen LogP contribution in [0.1, 0.15) is 22.5 Å². The Balaban J connectivity index is 1.42. The van der Waals surface area contributed by atoms with Crippen molar-refractivity contribution in [2.24, 2.45) is 0 Å². The van der Waals surface area contributed by atoms with Crippen LogP contribution in [0, 0.1) is 6.92 Å². The van der Waals surface area contributed by atoms with Gasteiger partial charge in [0.1, 0.15) is 5.58 Å². The summed E-state index contributed by atoms with van der Waals surface area (Å²) in [6.07, 6.45) is 0.708. The standard InChI is InChI=1S/C18H22N2O4S/c1-13-2-3-16-14(10-13)11-17(24-16)18(21)20-7-5-19(6-8-20)15-4-9-25(22,23)12-15/h2-3,10-11,15H,4-9,12H2,1H3. The van der Waals surface area contributed by atoms with Gasteiger partial charge in [-0.1, -0.05) is 11.6 Å². The van der Waals surface area contributed by atoms with Crippen LogP contribution in [0.3, 0.4) is 0 Å². The number of carbonyl (C=O) groups is 1. The van der Waals surface area contributed by atoms with Crippen LogP contribution < -0.4 is 0 Å². The third-order valence-electron chi connectivity index (χ3n) is 5.21. The molecule has 2 aliphatic heterocycles. The number of rotatable bonds is 2. The van der Waals surface area contributed by atoms with Gasteiger partial charge in [-0.05, 0) is 31.5 Å². The SMILES string of the molecule is Cc1ccc2oc(C(=O)N3CCN(C4CCS(=O)(=O)C4)CC3)cc2c1. The van der Waals surface area contributed by atoms with Crippen molar-refractivity contribution in [1.82, 2.24) is 9.80 Å². The Kier molecular flexibility index (Phi) is 4.08. The van der Waals surface area contributed by atoms with E-state index in [4.69, 9.17) is 4.42 Å². The molecule has 0 spiro atoms. The van der Waals surface area contributed by atoms with Crippen molar-refractivity contribution in [3.8, 4) is 0 Å².